The molecule has 2 rings (SSSR count). The third-order valence-electron chi connectivity index (χ3n) is 2.79. The Kier molecular flexibility index (Phi) is 3.30. The van der Waals surface area contributed by atoms with E-state index in [2.05, 4.69) is 21.7 Å². The highest BCUT2D eigenvalue weighted by molar-refractivity contribution is 7.87. The molecule has 1 aliphatic heterocycles. The van der Waals surface area contributed by atoms with Gasteiger partial charge in [0.1, 0.15) is 0 Å². The van der Waals surface area contributed by atoms with Crippen LogP contribution < -0.4 is 14.8 Å². The molecule has 2 aliphatic rings. The van der Waals surface area contributed by atoms with Crippen LogP contribution in [-0.2, 0) is 10.2 Å². The average Bonchev–Trinajstić information content (AvgIpc) is 2.86. The van der Waals surface area contributed by atoms with Gasteiger partial charge in [0.05, 0.1) is 0 Å². The van der Waals surface area contributed by atoms with Crippen LogP contribution in [0.1, 0.15) is 26.2 Å². The fraction of sp³-hybridized carbons (Fsp3) is 1.00. The van der Waals surface area contributed by atoms with Gasteiger partial charge in [-0.15, -0.1) is 0 Å². The van der Waals surface area contributed by atoms with Crippen LogP contribution in [0.25, 0.3) is 0 Å². The fourth-order valence-electron chi connectivity index (χ4n) is 1.92. The predicted molar refractivity (Wildman–Crippen MR) is 58.7 cm³/mol. The maximum Gasteiger partial charge on any atom is 0.277 e. The van der Waals surface area contributed by atoms with E-state index in [1.165, 1.54) is 0 Å². The molecule has 15 heavy (non-hydrogen) atoms. The van der Waals surface area contributed by atoms with Crippen LogP contribution >= 0.6 is 0 Å². The summed E-state index contributed by atoms with van der Waals surface area (Å²) >= 11 is 0. The van der Waals surface area contributed by atoms with E-state index >= 15 is 0 Å². The Balaban J connectivity index is 1.83. The maximum atomic E-state index is 11.6. The largest absolute Gasteiger partial charge is 0.315 e. The monoisotopic (exact) mass is 233 g/mol. The topological polar surface area (TPSA) is 70.2 Å². The van der Waals surface area contributed by atoms with Crippen LogP contribution in [0.15, 0.2) is 0 Å². The average molecular weight is 233 g/mol. The lowest BCUT2D eigenvalue weighted by atomic mass is 9.99. The van der Waals surface area contributed by atoms with E-state index in [0.717, 1.165) is 32.4 Å². The van der Waals surface area contributed by atoms with Crippen molar-refractivity contribution in [3.8, 4) is 0 Å². The van der Waals surface area contributed by atoms with Crippen molar-refractivity contribution in [2.24, 2.45) is 5.92 Å². The molecule has 0 amide bonds. The molecule has 0 radical (unpaired) electrons. The molecule has 0 aromatic rings. The molecule has 2 fully saturated rings. The molecule has 2 atom stereocenters. The van der Waals surface area contributed by atoms with Crippen molar-refractivity contribution in [1.29, 1.82) is 0 Å². The van der Waals surface area contributed by atoms with Gasteiger partial charge in [-0.3, -0.25) is 0 Å². The van der Waals surface area contributed by atoms with Gasteiger partial charge in [0.25, 0.3) is 10.2 Å². The van der Waals surface area contributed by atoms with Gasteiger partial charge in [-0.05, 0) is 31.7 Å². The van der Waals surface area contributed by atoms with E-state index in [9.17, 15) is 8.42 Å². The number of hydrogen-bond donors (Lipinski definition) is 3. The summed E-state index contributed by atoms with van der Waals surface area (Å²) in [4.78, 5) is 0. The molecule has 0 aromatic heterocycles. The number of nitrogens with one attached hydrogen (secondary N) is 3. The Morgan fingerprint density at radius 2 is 1.80 bits per heavy atom. The van der Waals surface area contributed by atoms with E-state index in [1.807, 2.05) is 0 Å². The summed E-state index contributed by atoms with van der Waals surface area (Å²) in [5, 5.41) is 3.22. The first kappa shape index (κ1) is 11.3. The smallest absolute Gasteiger partial charge is 0.277 e. The number of hydrogen-bond acceptors (Lipinski definition) is 3. The Morgan fingerprint density at radius 1 is 1.13 bits per heavy atom. The van der Waals surface area contributed by atoms with E-state index in [1.54, 1.807) is 0 Å². The molecule has 1 aliphatic carbocycles. The second-order valence-corrected chi connectivity index (χ2v) is 6.19. The Hall–Kier alpha value is -0.170. The highest BCUT2D eigenvalue weighted by Gasteiger charge is 2.29. The van der Waals surface area contributed by atoms with Crippen LogP contribution in [0.4, 0.5) is 0 Å². The van der Waals surface area contributed by atoms with Gasteiger partial charge in [-0.25, -0.2) is 0 Å². The zero-order valence-corrected chi connectivity index (χ0v) is 9.81. The van der Waals surface area contributed by atoms with Crippen LogP contribution in [-0.4, -0.2) is 33.6 Å². The second kappa shape index (κ2) is 4.37. The molecule has 1 heterocycles. The lowest BCUT2D eigenvalue weighted by molar-refractivity contribution is 0.345. The quantitative estimate of drug-likeness (QED) is 0.617. The van der Waals surface area contributed by atoms with Crippen molar-refractivity contribution in [2.45, 2.75) is 38.3 Å². The SMILES string of the molecule is CC1CNCC(NS(=O)(=O)NC2CC2)C1. The Labute approximate surface area is 91.2 Å². The fourth-order valence-corrected chi connectivity index (χ4v) is 3.28. The third kappa shape index (κ3) is 3.71. The van der Waals surface area contributed by atoms with E-state index in [0.29, 0.717) is 5.92 Å². The first-order valence-electron chi connectivity index (χ1n) is 5.55. The molecule has 5 nitrogen and oxygen atoms in total. The summed E-state index contributed by atoms with van der Waals surface area (Å²) in [5.74, 6) is 0.535. The van der Waals surface area contributed by atoms with Gasteiger partial charge in [-0.2, -0.15) is 17.9 Å². The second-order valence-electron chi connectivity index (χ2n) is 4.71. The molecular weight excluding hydrogens is 214 g/mol. The summed E-state index contributed by atoms with van der Waals surface area (Å²) in [6.45, 7) is 3.84. The van der Waals surface area contributed by atoms with Gasteiger partial charge in [0.2, 0.25) is 0 Å². The zero-order valence-electron chi connectivity index (χ0n) is 8.99. The molecule has 88 valence electrons. The lowest BCUT2D eigenvalue weighted by Gasteiger charge is -2.28. The number of rotatable bonds is 4. The summed E-state index contributed by atoms with van der Waals surface area (Å²) in [6, 6.07) is 0.210. The minimum Gasteiger partial charge on any atom is -0.315 e. The summed E-state index contributed by atoms with van der Waals surface area (Å²) in [5.41, 5.74) is 0. The van der Waals surface area contributed by atoms with Crippen LogP contribution in [0.5, 0.6) is 0 Å². The molecule has 0 spiro atoms. The van der Waals surface area contributed by atoms with Gasteiger partial charge in [0.15, 0.2) is 0 Å². The Bertz CT molecular complexity index is 313. The summed E-state index contributed by atoms with van der Waals surface area (Å²) in [7, 11) is -3.28. The molecular formula is C9H19N3O2S. The van der Waals surface area contributed by atoms with Crippen LogP contribution in [0.2, 0.25) is 0 Å². The van der Waals surface area contributed by atoms with Crippen LogP contribution in [0, 0.1) is 5.92 Å². The Morgan fingerprint density at radius 3 is 2.40 bits per heavy atom. The van der Waals surface area contributed by atoms with Gasteiger partial charge < -0.3 is 5.32 Å². The van der Waals surface area contributed by atoms with Crippen molar-refractivity contribution < 1.29 is 8.42 Å². The van der Waals surface area contributed by atoms with Crippen LogP contribution in [0.3, 0.4) is 0 Å². The van der Waals surface area contributed by atoms with Gasteiger partial charge >= 0.3 is 0 Å². The first-order valence-corrected chi connectivity index (χ1v) is 7.04. The molecule has 6 heteroatoms. The van der Waals surface area contributed by atoms with Gasteiger partial charge in [-0.1, -0.05) is 6.92 Å². The maximum absolute atomic E-state index is 11.6. The molecule has 1 saturated heterocycles. The minimum atomic E-state index is -3.28. The highest BCUT2D eigenvalue weighted by Crippen LogP contribution is 2.19. The van der Waals surface area contributed by atoms with Crippen molar-refractivity contribution >= 4 is 10.2 Å². The van der Waals surface area contributed by atoms with Crippen molar-refractivity contribution in [3.63, 3.8) is 0 Å². The molecule has 0 bridgehead atoms. The summed E-state index contributed by atoms with van der Waals surface area (Å²) < 4.78 is 28.5. The van der Waals surface area contributed by atoms with E-state index in [-0.39, 0.29) is 12.1 Å². The highest BCUT2D eigenvalue weighted by atomic mass is 32.2. The lowest BCUT2D eigenvalue weighted by Crippen LogP contribution is -2.51. The van der Waals surface area contributed by atoms with Crippen molar-refractivity contribution in [3.05, 3.63) is 0 Å². The predicted octanol–water partition coefficient (Wildman–Crippen LogP) is -0.429. The first-order chi connectivity index (χ1) is 7.05. The summed E-state index contributed by atoms with van der Waals surface area (Å²) in [6.07, 6.45) is 2.86. The molecule has 1 saturated carbocycles. The normalized spacial score (nSPS) is 32.9. The zero-order chi connectivity index (χ0) is 10.9. The van der Waals surface area contributed by atoms with Gasteiger partial charge in [0, 0.05) is 18.6 Å². The standard InChI is InChI=1S/C9H19N3O2S/c1-7-4-9(6-10-5-7)12-15(13,14)11-8-2-3-8/h7-12H,2-6H2,1H3. The molecule has 3 N–H and O–H groups in total. The number of piperidine rings is 1. The molecule has 0 aromatic carbocycles. The van der Waals surface area contributed by atoms with Crippen molar-refractivity contribution in [1.82, 2.24) is 14.8 Å². The van der Waals surface area contributed by atoms with E-state index < -0.39 is 10.2 Å². The van der Waals surface area contributed by atoms with Crippen molar-refractivity contribution in [2.75, 3.05) is 13.1 Å². The minimum absolute atomic E-state index is 0.0324. The third-order valence-corrected chi connectivity index (χ3v) is 4.08. The molecule has 2 unspecified atom stereocenters. The van der Waals surface area contributed by atoms with E-state index in [4.69, 9.17) is 0 Å².